The lowest BCUT2D eigenvalue weighted by Gasteiger charge is -2.16. The van der Waals surface area contributed by atoms with Crippen molar-refractivity contribution in [3.05, 3.63) is 0 Å². The molecule has 72 valence electrons. The minimum atomic E-state index is 0.0752. The van der Waals surface area contributed by atoms with Crippen molar-refractivity contribution >= 4 is 5.91 Å². The predicted octanol–water partition coefficient (Wildman–Crippen LogP) is 2.34. The summed E-state index contributed by atoms with van der Waals surface area (Å²) in [5, 5.41) is 2.89. The molecule has 0 heterocycles. The smallest absolute Gasteiger partial charge is 0.217 e. The van der Waals surface area contributed by atoms with Gasteiger partial charge in [-0.15, -0.1) is 0 Å². The lowest BCUT2D eigenvalue weighted by atomic mass is 9.98. The standard InChI is InChI=1S/C10H21NO/c1-5-6-8(2)7-9(3)11-10(4)12/h8-9H,5-7H2,1-4H3,(H,11,12). The first-order chi connectivity index (χ1) is 5.56. The molecule has 1 amide bonds. The molecule has 2 heteroatoms. The third-order valence-electron chi connectivity index (χ3n) is 1.99. The highest BCUT2D eigenvalue weighted by atomic mass is 16.1. The van der Waals surface area contributed by atoms with Crippen LogP contribution in [0.2, 0.25) is 0 Å². The molecule has 0 spiro atoms. The molecule has 1 N–H and O–H groups in total. The maximum atomic E-state index is 10.7. The molecule has 0 rings (SSSR count). The van der Waals surface area contributed by atoms with Crippen LogP contribution in [0.25, 0.3) is 0 Å². The normalized spacial score (nSPS) is 15.3. The second-order valence-electron chi connectivity index (χ2n) is 3.73. The third kappa shape index (κ3) is 6.20. The quantitative estimate of drug-likeness (QED) is 0.676. The SMILES string of the molecule is CCCC(C)CC(C)NC(C)=O. The van der Waals surface area contributed by atoms with Gasteiger partial charge in [0.05, 0.1) is 0 Å². The maximum Gasteiger partial charge on any atom is 0.217 e. The van der Waals surface area contributed by atoms with Gasteiger partial charge in [0.2, 0.25) is 5.91 Å². The van der Waals surface area contributed by atoms with Gasteiger partial charge in [-0.1, -0.05) is 26.7 Å². The second kappa shape index (κ2) is 6.04. The summed E-state index contributed by atoms with van der Waals surface area (Å²) in [5.74, 6) is 0.794. The molecule has 0 aromatic rings. The third-order valence-corrected chi connectivity index (χ3v) is 1.99. The van der Waals surface area contributed by atoms with E-state index in [1.54, 1.807) is 6.92 Å². The van der Waals surface area contributed by atoms with Crippen LogP contribution in [0, 0.1) is 5.92 Å². The van der Waals surface area contributed by atoms with Gasteiger partial charge in [0.15, 0.2) is 0 Å². The van der Waals surface area contributed by atoms with E-state index in [4.69, 9.17) is 0 Å². The Labute approximate surface area is 75.7 Å². The van der Waals surface area contributed by atoms with Gasteiger partial charge in [-0.2, -0.15) is 0 Å². The van der Waals surface area contributed by atoms with Gasteiger partial charge in [-0.05, 0) is 19.3 Å². The van der Waals surface area contributed by atoms with E-state index in [0.29, 0.717) is 6.04 Å². The molecule has 2 nitrogen and oxygen atoms in total. The molecular formula is C10H21NO. The van der Waals surface area contributed by atoms with E-state index in [-0.39, 0.29) is 5.91 Å². The zero-order chi connectivity index (χ0) is 9.56. The molecule has 0 aromatic carbocycles. The molecule has 2 atom stereocenters. The zero-order valence-electron chi connectivity index (χ0n) is 8.68. The van der Waals surface area contributed by atoms with Crippen molar-refractivity contribution in [1.82, 2.24) is 5.32 Å². The van der Waals surface area contributed by atoms with Crippen LogP contribution in [0.3, 0.4) is 0 Å². The highest BCUT2D eigenvalue weighted by molar-refractivity contribution is 5.73. The van der Waals surface area contributed by atoms with Gasteiger partial charge in [0.1, 0.15) is 0 Å². The second-order valence-corrected chi connectivity index (χ2v) is 3.73. The first-order valence-electron chi connectivity index (χ1n) is 4.83. The Morgan fingerprint density at radius 2 is 2.00 bits per heavy atom. The molecule has 0 aliphatic rings. The monoisotopic (exact) mass is 171 g/mol. The van der Waals surface area contributed by atoms with Crippen molar-refractivity contribution in [2.24, 2.45) is 5.92 Å². The van der Waals surface area contributed by atoms with Crippen molar-refractivity contribution in [2.75, 3.05) is 0 Å². The van der Waals surface area contributed by atoms with Crippen LogP contribution in [0.15, 0.2) is 0 Å². The van der Waals surface area contributed by atoms with Crippen LogP contribution >= 0.6 is 0 Å². The number of carbonyl (C=O) groups is 1. The van der Waals surface area contributed by atoms with Crippen LogP contribution in [0.5, 0.6) is 0 Å². The summed E-state index contributed by atoms with van der Waals surface area (Å²) in [6.07, 6.45) is 3.57. The van der Waals surface area contributed by atoms with E-state index >= 15 is 0 Å². The zero-order valence-corrected chi connectivity index (χ0v) is 8.68. The van der Waals surface area contributed by atoms with E-state index in [1.807, 2.05) is 0 Å². The van der Waals surface area contributed by atoms with Gasteiger partial charge < -0.3 is 5.32 Å². The van der Waals surface area contributed by atoms with E-state index in [2.05, 4.69) is 26.1 Å². The van der Waals surface area contributed by atoms with Crippen molar-refractivity contribution < 1.29 is 4.79 Å². The molecule has 0 radical (unpaired) electrons. The molecule has 12 heavy (non-hydrogen) atoms. The van der Waals surface area contributed by atoms with Crippen molar-refractivity contribution in [3.8, 4) is 0 Å². The van der Waals surface area contributed by atoms with Crippen LogP contribution < -0.4 is 5.32 Å². The highest BCUT2D eigenvalue weighted by Crippen LogP contribution is 2.11. The van der Waals surface area contributed by atoms with Crippen LogP contribution in [-0.4, -0.2) is 11.9 Å². The Morgan fingerprint density at radius 1 is 1.42 bits per heavy atom. The van der Waals surface area contributed by atoms with Gasteiger partial charge in [-0.3, -0.25) is 4.79 Å². The number of rotatable bonds is 5. The summed E-state index contributed by atoms with van der Waals surface area (Å²) in [6.45, 7) is 8.07. The van der Waals surface area contributed by atoms with E-state index in [1.165, 1.54) is 12.8 Å². The Kier molecular flexibility index (Phi) is 5.77. The molecular weight excluding hydrogens is 150 g/mol. The Morgan fingerprint density at radius 3 is 2.42 bits per heavy atom. The Hall–Kier alpha value is -0.530. The first-order valence-corrected chi connectivity index (χ1v) is 4.83. The molecule has 2 unspecified atom stereocenters. The molecule has 0 aliphatic heterocycles. The average Bonchev–Trinajstić information content (AvgIpc) is 1.84. The van der Waals surface area contributed by atoms with Gasteiger partial charge in [0.25, 0.3) is 0 Å². The molecule has 0 aromatic heterocycles. The Bertz CT molecular complexity index is 134. The average molecular weight is 171 g/mol. The summed E-state index contributed by atoms with van der Waals surface area (Å²) < 4.78 is 0. The number of nitrogens with one attached hydrogen (secondary N) is 1. The van der Waals surface area contributed by atoms with Gasteiger partial charge >= 0.3 is 0 Å². The van der Waals surface area contributed by atoms with E-state index < -0.39 is 0 Å². The number of carbonyl (C=O) groups excluding carboxylic acids is 1. The Balaban J connectivity index is 3.53. The topological polar surface area (TPSA) is 29.1 Å². The maximum absolute atomic E-state index is 10.7. The van der Waals surface area contributed by atoms with E-state index in [9.17, 15) is 4.79 Å². The fraction of sp³-hybridized carbons (Fsp3) is 0.900. The van der Waals surface area contributed by atoms with Gasteiger partial charge in [0, 0.05) is 13.0 Å². The van der Waals surface area contributed by atoms with Crippen molar-refractivity contribution in [3.63, 3.8) is 0 Å². The molecule has 0 saturated carbocycles. The minimum Gasteiger partial charge on any atom is -0.354 e. The first kappa shape index (κ1) is 11.5. The number of amides is 1. The number of hydrogen-bond acceptors (Lipinski definition) is 1. The summed E-state index contributed by atoms with van der Waals surface area (Å²) in [5.41, 5.74) is 0. The fourth-order valence-electron chi connectivity index (χ4n) is 1.62. The summed E-state index contributed by atoms with van der Waals surface area (Å²) in [6, 6.07) is 0.323. The largest absolute Gasteiger partial charge is 0.354 e. The summed E-state index contributed by atoms with van der Waals surface area (Å²) >= 11 is 0. The van der Waals surface area contributed by atoms with Crippen LogP contribution in [0.1, 0.15) is 47.0 Å². The van der Waals surface area contributed by atoms with Crippen molar-refractivity contribution in [2.45, 2.75) is 53.0 Å². The van der Waals surface area contributed by atoms with Gasteiger partial charge in [-0.25, -0.2) is 0 Å². The van der Waals surface area contributed by atoms with E-state index in [0.717, 1.165) is 12.3 Å². The highest BCUT2D eigenvalue weighted by Gasteiger charge is 2.07. The van der Waals surface area contributed by atoms with Crippen molar-refractivity contribution in [1.29, 1.82) is 0 Å². The summed E-state index contributed by atoms with van der Waals surface area (Å²) in [7, 11) is 0. The van der Waals surface area contributed by atoms with Crippen LogP contribution in [-0.2, 0) is 4.79 Å². The molecule has 0 aliphatic carbocycles. The molecule has 0 fully saturated rings. The number of hydrogen-bond donors (Lipinski definition) is 1. The molecule has 0 bridgehead atoms. The lowest BCUT2D eigenvalue weighted by Crippen LogP contribution is -2.31. The molecule has 0 saturated heterocycles. The lowest BCUT2D eigenvalue weighted by molar-refractivity contribution is -0.119. The predicted molar refractivity (Wildman–Crippen MR) is 52.0 cm³/mol. The fourth-order valence-corrected chi connectivity index (χ4v) is 1.62. The van der Waals surface area contributed by atoms with Crippen LogP contribution in [0.4, 0.5) is 0 Å². The minimum absolute atomic E-state index is 0.0752. The summed E-state index contributed by atoms with van der Waals surface area (Å²) in [4.78, 5) is 10.7.